The molecule has 4 aliphatic rings. The molecular formula is C31H27NO6. The number of hydrogen-bond donors (Lipinski definition) is 1. The molecular weight excluding hydrogens is 482 g/mol. The first kappa shape index (κ1) is 24.1. The Morgan fingerprint density at radius 3 is 2.47 bits per heavy atom. The van der Waals surface area contributed by atoms with Gasteiger partial charge in [0.25, 0.3) is 0 Å². The van der Waals surface area contributed by atoms with Crippen LogP contribution in [-0.4, -0.2) is 40.5 Å². The summed E-state index contributed by atoms with van der Waals surface area (Å²) < 4.78 is 5.24. The first-order chi connectivity index (χ1) is 18.3. The first-order valence-corrected chi connectivity index (χ1v) is 12.8. The highest BCUT2D eigenvalue weighted by Crippen LogP contribution is 2.56. The number of aromatic hydroxyl groups is 1. The lowest BCUT2D eigenvalue weighted by Gasteiger charge is -2.42. The van der Waals surface area contributed by atoms with Crippen molar-refractivity contribution < 1.29 is 29.0 Å². The molecule has 0 aromatic heterocycles. The van der Waals surface area contributed by atoms with Crippen molar-refractivity contribution in [2.24, 2.45) is 17.8 Å². The van der Waals surface area contributed by atoms with Gasteiger partial charge in [-0.1, -0.05) is 48.0 Å². The van der Waals surface area contributed by atoms with Crippen LogP contribution in [0.1, 0.15) is 36.8 Å². The lowest BCUT2D eigenvalue weighted by molar-refractivity contribution is -0.140. The SMILES string of the molecule is COc1ccc(C2C3=CCC4C(=O)N(Cc5ccccc5)C(=O)C4C3CC3=C2C(=O)C=C(C)C3=O)c(O)c1. The predicted molar refractivity (Wildman–Crippen MR) is 138 cm³/mol. The van der Waals surface area contributed by atoms with Gasteiger partial charge < -0.3 is 9.84 Å². The second-order valence-corrected chi connectivity index (χ2v) is 10.4. The van der Waals surface area contributed by atoms with Crippen molar-refractivity contribution in [1.82, 2.24) is 4.90 Å². The number of hydrogen-bond acceptors (Lipinski definition) is 6. The number of nitrogens with zero attached hydrogens (tertiary/aromatic N) is 1. The molecule has 2 aromatic carbocycles. The molecule has 38 heavy (non-hydrogen) atoms. The van der Waals surface area contributed by atoms with Gasteiger partial charge in [-0.15, -0.1) is 0 Å². The number of benzene rings is 2. The quantitative estimate of drug-likeness (QED) is 0.380. The van der Waals surface area contributed by atoms with Crippen LogP contribution in [0.25, 0.3) is 0 Å². The molecule has 1 N–H and O–H groups in total. The van der Waals surface area contributed by atoms with Gasteiger partial charge in [-0.3, -0.25) is 24.1 Å². The Kier molecular flexibility index (Phi) is 5.67. The maximum atomic E-state index is 13.8. The number of phenols is 1. The zero-order valence-electron chi connectivity index (χ0n) is 21.1. The molecule has 1 fully saturated rings. The summed E-state index contributed by atoms with van der Waals surface area (Å²) in [6.07, 6.45) is 3.88. The number of likely N-dealkylation sites (tertiary alicyclic amines) is 1. The minimum absolute atomic E-state index is 0.0593. The standard InChI is InChI=1S/C31H27NO6/c1-16-12-25(34)28-23(29(16)35)14-22-19(26(28)20-9-8-18(38-2)13-24(20)33)10-11-21-27(22)31(37)32(30(21)36)15-17-6-4-3-5-7-17/h3-10,12-13,21-22,26-27,33H,11,14-15H2,1-2H3. The Hall–Kier alpha value is -4.26. The number of imide groups is 1. The maximum Gasteiger partial charge on any atom is 0.234 e. The fourth-order valence-corrected chi connectivity index (χ4v) is 6.62. The molecule has 4 atom stereocenters. The second-order valence-electron chi connectivity index (χ2n) is 10.4. The molecule has 4 unspecified atom stereocenters. The minimum atomic E-state index is -0.692. The number of allylic oxidation sites excluding steroid dienone is 6. The molecule has 2 aromatic rings. The zero-order valence-corrected chi connectivity index (χ0v) is 21.1. The molecule has 1 aliphatic heterocycles. The molecule has 0 saturated carbocycles. The number of ketones is 2. The molecule has 192 valence electrons. The Balaban J connectivity index is 1.46. The van der Waals surface area contributed by atoms with Gasteiger partial charge in [-0.25, -0.2) is 0 Å². The highest BCUT2D eigenvalue weighted by molar-refractivity contribution is 6.23. The zero-order chi connectivity index (χ0) is 26.7. The van der Waals surface area contributed by atoms with Crippen LogP contribution in [-0.2, 0) is 25.7 Å². The molecule has 6 rings (SSSR count). The number of phenolic OH excluding ortho intramolecular Hbond substituents is 1. The summed E-state index contributed by atoms with van der Waals surface area (Å²) in [5.74, 6) is -2.81. The molecule has 1 saturated heterocycles. The molecule has 7 nitrogen and oxygen atoms in total. The second kappa shape index (κ2) is 8.94. The Morgan fingerprint density at radius 2 is 1.76 bits per heavy atom. The fourth-order valence-electron chi connectivity index (χ4n) is 6.62. The Bertz CT molecular complexity index is 1500. The van der Waals surface area contributed by atoms with Crippen LogP contribution in [0, 0.1) is 17.8 Å². The molecule has 7 heteroatoms. The normalized spacial score (nSPS) is 26.5. The van der Waals surface area contributed by atoms with Crippen molar-refractivity contribution in [2.45, 2.75) is 32.2 Å². The monoisotopic (exact) mass is 509 g/mol. The lowest BCUT2D eigenvalue weighted by atomic mass is 9.59. The highest BCUT2D eigenvalue weighted by Gasteiger charge is 2.56. The van der Waals surface area contributed by atoms with E-state index in [1.165, 1.54) is 24.2 Å². The van der Waals surface area contributed by atoms with E-state index in [-0.39, 0.29) is 42.1 Å². The molecule has 0 bridgehead atoms. The summed E-state index contributed by atoms with van der Waals surface area (Å²) in [5.41, 5.74) is 3.22. The van der Waals surface area contributed by atoms with Crippen LogP contribution in [0.4, 0.5) is 0 Å². The third kappa shape index (κ3) is 3.56. The summed E-state index contributed by atoms with van der Waals surface area (Å²) in [7, 11) is 1.50. The van der Waals surface area contributed by atoms with E-state index >= 15 is 0 Å². The fraction of sp³-hybridized carbons (Fsp3) is 0.290. The number of rotatable bonds is 4. The largest absolute Gasteiger partial charge is 0.507 e. The van der Waals surface area contributed by atoms with Crippen LogP contribution >= 0.6 is 0 Å². The van der Waals surface area contributed by atoms with Crippen LogP contribution in [0.15, 0.2) is 83.0 Å². The number of carbonyl (C=O) groups is 4. The average Bonchev–Trinajstić information content (AvgIpc) is 3.16. The van der Waals surface area contributed by atoms with E-state index in [1.54, 1.807) is 19.1 Å². The van der Waals surface area contributed by atoms with Crippen LogP contribution in [0.3, 0.4) is 0 Å². The van der Waals surface area contributed by atoms with Gasteiger partial charge in [0, 0.05) is 34.3 Å². The smallest absolute Gasteiger partial charge is 0.234 e. The van der Waals surface area contributed by atoms with Gasteiger partial charge in [0.1, 0.15) is 11.5 Å². The third-order valence-electron chi connectivity index (χ3n) is 8.39. The Labute approximate surface area is 220 Å². The average molecular weight is 510 g/mol. The van der Waals surface area contributed by atoms with Crippen molar-refractivity contribution in [1.29, 1.82) is 0 Å². The first-order valence-electron chi connectivity index (χ1n) is 12.8. The summed E-state index contributed by atoms with van der Waals surface area (Å²) in [6, 6.07) is 14.3. The minimum Gasteiger partial charge on any atom is -0.507 e. The maximum absolute atomic E-state index is 13.8. The molecule has 0 spiro atoms. The van der Waals surface area contributed by atoms with Gasteiger partial charge in [-0.2, -0.15) is 0 Å². The van der Waals surface area contributed by atoms with E-state index in [4.69, 9.17) is 4.74 Å². The van der Waals surface area contributed by atoms with Crippen LogP contribution < -0.4 is 4.74 Å². The predicted octanol–water partition coefficient (Wildman–Crippen LogP) is 4.03. The number of methoxy groups -OCH3 is 1. The van der Waals surface area contributed by atoms with Crippen LogP contribution in [0.5, 0.6) is 11.5 Å². The van der Waals surface area contributed by atoms with E-state index in [1.807, 2.05) is 36.4 Å². The van der Waals surface area contributed by atoms with Gasteiger partial charge in [-0.05, 0) is 43.4 Å². The molecule has 2 amide bonds. The number of amides is 2. The van der Waals surface area contributed by atoms with Crippen molar-refractivity contribution >= 4 is 23.4 Å². The Morgan fingerprint density at radius 1 is 1.00 bits per heavy atom. The summed E-state index contributed by atoms with van der Waals surface area (Å²) in [6.45, 7) is 1.81. The molecule has 0 radical (unpaired) electrons. The number of Topliss-reactive ketones (excluding diaryl/α,β-unsaturated/α-hetero) is 1. The highest BCUT2D eigenvalue weighted by atomic mass is 16.5. The number of ether oxygens (including phenoxy) is 1. The van der Waals surface area contributed by atoms with E-state index < -0.39 is 23.7 Å². The van der Waals surface area contributed by atoms with E-state index in [0.717, 1.165) is 11.1 Å². The van der Waals surface area contributed by atoms with Crippen molar-refractivity contribution in [3.05, 3.63) is 94.1 Å². The van der Waals surface area contributed by atoms with Crippen molar-refractivity contribution in [3.8, 4) is 11.5 Å². The van der Waals surface area contributed by atoms with E-state index in [0.29, 0.717) is 34.5 Å². The summed E-state index contributed by atoms with van der Waals surface area (Å²) in [4.78, 5) is 55.2. The van der Waals surface area contributed by atoms with Crippen LogP contribution in [0.2, 0.25) is 0 Å². The molecule has 3 aliphatic carbocycles. The molecule has 1 heterocycles. The number of carbonyl (C=O) groups excluding carboxylic acids is 4. The van der Waals surface area contributed by atoms with Crippen molar-refractivity contribution in [3.63, 3.8) is 0 Å². The summed E-state index contributed by atoms with van der Waals surface area (Å²) in [5, 5.41) is 11.0. The van der Waals surface area contributed by atoms with Gasteiger partial charge in [0.15, 0.2) is 11.6 Å². The number of fused-ring (bicyclic) bond motifs is 3. The lowest BCUT2D eigenvalue weighted by Crippen LogP contribution is -2.39. The van der Waals surface area contributed by atoms with Gasteiger partial charge in [0.05, 0.1) is 25.5 Å². The van der Waals surface area contributed by atoms with E-state index in [9.17, 15) is 24.3 Å². The van der Waals surface area contributed by atoms with Crippen molar-refractivity contribution in [2.75, 3.05) is 7.11 Å². The van der Waals surface area contributed by atoms with E-state index in [2.05, 4.69) is 0 Å². The van der Waals surface area contributed by atoms with Gasteiger partial charge >= 0.3 is 0 Å². The van der Waals surface area contributed by atoms with Gasteiger partial charge in [0.2, 0.25) is 11.8 Å². The third-order valence-corrected chi connectivity index (χ3v) is 8.39. The summed E-state index contributed by atoms with van der Waals surface area (Å²) >= 11 is 0. The topological polar surface area (TPSA) is 101 Å².